The van der Waals surface area contributed by atoms with E-state index >= 15 is 0 Å². The van der Waals surface area contributed by atoms with E-state index in [4.69, 9.17) is 0 Å². The first-order valence-electron chi connectivity index (χ1n) is 5.25. The highest BCUT2D eigenvalue weighted by molar-refractivity contribution is 5.44. The number of phenolic OH excluding ortho intramolecular Hbond substituents is 2. The third-order valence-electron chi connectivity index (χ3n) is 2.22. The highest BCUT2D eigenvalue weighted by Gasteiger charge is 2.19. The Balaban J connectivity index is 2.77. The molecule has 0 fully saturated rings. The van der Waals surface area contributed by atoms with Crippen molar-refractivity contribution in [2.24, 2.45) is 0 Å². The summed E-state index contributed by atoms with van der Waals surface area (Å²) < 4.78 is 0. The number of hydrogen-bond acceptors (Lipinski definition) is 4. The van der Waals surface area contributed by atoms with Gasteiger partial charge in [-0.3, -0.25) is 0 Å². The second-order valence-electron chi connectivity index (χ2n) is 4.86. The van der Waals surface area contributed by atoms with Crippen LogP contribution in [-0.2, 0) is 0 Å². The molecule has 0 saturated carbocycles. The maximum atomic E-state index is 9.86. The number of hydrogen-bond donors (Lipinski definition) is 4. The summed E-state index contributed by atoms with van der Waals surface area (Å²) in [7, 11) is 0. The maximum absolute atomic E-state index is 9.86. The number of nitrogens with one attached hydrogen (secondary N) is 1. The minimum Gasteiger partial charge on any atom is -0.507 e. The second-order valence-corrected chi connectivity index (χ2v) is 4.86. The molecule has 1 atom stereocenters. The van der Waals surface area contributed by atoms with Gasteiger partial charge in [0.25, 0.3) is 0 Å². The zero-order valence-electron chi connectivity index (χ0n) is 9.86. The Bertz CT molecular complexity index is 338. The zero-order valence-corrected chi connectivity index (χ0v) is 9.86. The van der Waals surface area contributed by atoms with Crippen LogP contribution in [0.3, 0.4) is 0 Å². The molecule has 4 heteroatoms. The standard InChI is InChI=1S/C12H19NO3/c1-12(2,3)13-7-10(16)11-8(14)5-4-6-9(11)15/h4-6,10,13-16H,7H2,1-3H3. The predicted octanol–water partition coefficient (Wildman–Crippen LogP) is 1.52. The number of aromatic hydroxyl groups is 2. The number of β-amino-alcohol motifs (C(OH)–C–C–N with tert-alkyl or cyclic N) is 1. The van der Waals surface area contributed by atoms with Crippen molar-refractivity contribution >= 4 is 0 Å². The van der Waals surface area contributed by atoms with Gasteiger partial charge in [-0.1, -0.05) is 6.07 Å². The summed E-state index contributed by atoms with van der Waals surface area (Å²) in [6.07, 6.45) is -0.930. The molecule has 0 aromatic heterocycles. The quantitative estimate of drug-likeness (QED) is 0.629. The van der Waals surface area contributed by atoms with Gasteiger partial charge in [0, 0.05) is 12.1 Å². The van der Waals surface area contributed by atoms with Crippen LogP contribution in [0, 0.1) is 0 Å². The molecular formula is C12H19NO3. The van der Waals surface area contributed by atoms with Gasteiger partial charge in [-0.2, -0.15) is 0 Å². The summed E-state index contributed by atoms with van der Waals surface area (Å²) in [6.45, 7) is 6.20. The minimum absolute atomic E-state index is 0.0943. The third-order valence-corrected chi connectivity index (χ3v) is 2.22. The van der Waals surface area contributed by atoms with Gasteiger partial charge in [-0.05, 0) is 32.9 Å². The summed E-state index contributed by atoms with van der Waals surface area (Å²) in [5.74, 6) is -0.189. The summed E-state index contributed by atoms with van der Waals surface area (Å²) >= 11 is 0. The summed E-state index contributed by atoms with van der Waals surface area (Å²) in [5.41, 5.74) is 0.0420. The van der Waals surface area contributed by atoms with E-state index in [1.807, 2.05) is 20.8 Å². The minimum atomic E-state index is -0.930. The Labute approximate surface area is 95.6 Å². The van der Waals surface area contributed by atoms with Gasteiger partial charge in [-0.25, -0.2) is 0 Å². The van der Waals surface area contributed by atoms with Crippen LogP contribution in [0.15, 0.2) is 18.2 Å². The molecule has 0 aliphatic carbocycles. The van der Waals surface area contributed by atoms with Gasteiger partial charge >= 0.3 is 0 Å². The molecule has 1 aromatic carbocycles. The molecule has 0 bridgehead atoms. The van der Waals surface area contributed by atoms with Crippen LogP contribution >= 0.6 is 0 Å². The molecule has 90 valence electrons. The van der Waals surface area contributed by atoms with E-state index in [9.17, 15) is 15.3 Å². The highest BCUT2D eigenvalue weighted by Crippen LogP contribution is 2.32. The van der Waals surface area contributed by atoms with Crippen molar-refractivity contribution in [1.29, 1.82) is 0 Å². The summed E-state index contributed by atoms with van der Waals surface area (Å²) in [4.78, 5) is 0. The number of aliphatic hydroxyl groups is 1. The molecule has 0 saturated heterocycles. The number of rotatable bonds is 3. The lowest BCUT2D eigenvalue weighted by molar-refractivity contribution is 0.156. The molecule has 1 unspecified atom stereocenters. The first-order chi connectivity index (χ1) is 7.31. The monoisotopic (exact) mass is 225 g/mol. The van der Waals surface area contributed by atoms with Gasteiger partial charge in [0.2, 0.25) is 0 Å². The van der Waals surface area contributed by atoms with Crippen LogP contribution in [0.5, 0.6) is 11.5 Å². The van der Waals surface area contributed by atoms with E-state index in [1.165, 1.54) is 18.2 Å². The molecule has 0 aliphatic rings. The highest BCUT2D eigenvalue weighted by atomic mass is 16.3. The van der Waals surface area contributed by atoms with Crippen molar-refractivity contribution in [1.82, 2.24) is 5.32 Å². The number of aliphatic hydroxyl groups excluding tert-OH is 1. The summed E-state index contributed by atoms with van der Waals surface area (Å²) in [6, 6.07) is 4.41. The normalized spacial score (nSPS) is 13.8. The van der Waals surface area contributed by atoms with Crippen LogP contribution < -0.4 is 5.32 Å². The van der Waals surface area contributed by atoms with Crippen LogP contribution in [0.25, 0.3) is 0 Å². The van der Waals surface area contributed by atoms with Crippen LogP contribution in [0.1, 0.15) is 32.4 Å². The van der Waals surface area contributed by atoms with Gasteiger partial charge < -0.3 is 20.6 Å². The van der Waals surface area contributed by atoms with Crippen LogP contribution in [-0.4, -0.2) is 27.4 Å². The van der Waals surface area contributed by atoms with Crippen LogP contribution in [0.2, 0.25) is 0 Å². The van der Waals surface area contributed by atoms with Gasteiger partial charge in [-0.15, -0.1) is 0 Å². The fourth-order valence-corrected chi connectivity index (χ4v) is 1.39. The van der Waals surface area contributed by atoms with E-state index in [-0.39, 0.29) is 29.1 Å². The van der Waals surface area contributed by atoms with Crippen LogP contribution in [0.4, 0.5) is 0 Å². The number of phenols is 2. The van der Waals surface area contributed by atoms with Gasteiger partial charge in [0.05, 0.1) is 11.7 Å². The second kappa shape index (κ2) is 4.72. The Hall–Kier alpha value is -1.26. The lowest BCUT2D eigenvalue weighted by Crippen LogP contribution is -2.38. The van der Waals surface area contributed by atoms with E-state index in [1.54, 1.807) is 0 Å². The smallest absolute Gasteiger partial charge is 0.125 e. The molecule has 4 N–H and O–H groups in total. The Morgan fingerprint density at radius 1 is 1.19 bits per heavy atom. The fourth-order valence-electron chi connectivity index (χ4n) is 1.39. The molecule has 1 rings (SSSR count). The molecule has 16 heavy (non-hydrogen) atoms. The van der Waals surface area contributed by atoms with E-state index in [0.29, 0.717) is 0 Å². The Morgan fingerprint density at radius 3 is 2.12 bits per heavy atom. The lowest BCUT2D eigenvalue weighted by atomic mass is 10.0. The van der Waals surface area contributed by atoms with E-state index in [0.717, 1.165) is 0 Å². The van der Waals surface area contributed by atoms with Crippen molar-refractivity contribution < 1.29 is 15.3 Å². The lowest BCUT2D eigenvalue weighted by Gasteiger charge is -2.23. The van der Waals surface area contributed by atoms with Crippen molar-refractivity contribution in [3.8, 4) is 11.5 Å². The third kappa shape index (κ3) is 3.40. The molecule has 4 nitrogen and oxygen atoms in total. The predicted molar refractivity (Wildman–Crippen MR) is 62.5 cm³/mol. The van der Waals surface area contributed by atoms with Gasteiger partial charge in [0.15, 0.2) is 0 Å². The molecule has 0 aliphatic heterocycles. The maximum Gasteiger partial charge on any atom is 0.125 e. The van der Waals surface area contributed by atoms with Crippen molar-refractivity contribution in [3.63, 3.8) is 0 Å². The topological polar surface area (TPSA) is 72.7 Å². The van der Waals surface area contributed by atoms with Crippen molar-refractivity contribution in [2.75, 3.05) is 6.54 Å². The fraction of sp³-hybridized carbons (Fsp3) is 0.500. The van der Waals surface area contributed by atoms with Gasteiger partial charge in [0.1, 0.15) is 11.5 Å². The van der Waals surface area contributed by atoms with E-state index in [2.05, 4.69) is 5.32 Å². The molecule has 1 aromatic rings. The number of benzene rings is 1. The molecule has 0 amide bonds. The molecule has 0 radical (unpaired) electrons. The summed E-state index contributed by atoms with van der Waals surface area (Å²) in [5, 5.41) is 32.1. The first-order valence-corrected chi connectivity index (χ1v) is 5.25. The van der Waals surface area contributed by atoms with E-state index < -0.39 is 6.10 Å². The average molecular weight is 225 g/mol. The average Bonchev–Trinajstić information content (AvgIpc) is 2.13. The molecule has 0 heterocycles. The van der Waals surface area contributed by atoms with Crippen molar-refractivity contribution in [2.45, 2.75) is 32.4 Å². The zero-order chi connectivity index (χ0) is 12.3. The SMILES string of the molecule is CC(C)(C)NCC(O)c1c(O)cccc1O. The molecular weight excluding hydrogens is 206 g/mol. The first kappa shape index (κ1) is 12.8. The largest absolute Gasteiger partial charge is 0.507 e. The Morgan fingerprint density at radius 2 is 1.69 bits per heavy atom. The van der Waals surface area contributed by atoms with Crippen molar-refractivity contribution in [3.05, 3.63) is 23.8 Å². The Kier molecular flexibility index (Phi) is 3.78. The molecule has 0 spiro atoms.